The summed E-state index contributed by atoms with van der Waals surface area (Å²) in [5.74, 6) is 4.70. The molecule has 2 aliphatic rings. The van der Waals surface area contributed by atoms with E-state index < -0.39 is 10.1 Å². The number of aryl methyl sites for hydroxylation is 2. The van der Waals surface area contributed by atoms with E-state index in [1.165, 1.54) is 5.56 Å². The van der Waals surface area contributed by atoms with Gasteiger partial charge in [-0.25, -0.2) is 0 Å². The quantitative estimate of drug-likeness (QED) is 0.0864. The molecule has 9 nitrogen and oxygen atoms in total. The molecule has 0 spiro atoms. The Kier molecular flexibility index (Phi) is 11.2. The molecule has 46 heavy (non-hydrogen) atoms. The van der Waals surface area contributed by atoms with Crippen LogP contribution in [-0.2, 0) is 27.1 Å². The molecule has 6 rings (SSSR count). The van der Waals surface area contributed by atoms with E-state index in [-0.39, 0.29) is 24.6 Å². The van der Waals surface area contributed by atoms with E-state index in [1.54, 1.807) is 22.7 Å². The molecule has 0 saturated heterocycles. The van der Waals surface area contributed by atoms with Gasteiger partial charge in [0.15, 0.2) is 35.2 Å². The molecule has 0 radical (unpaired) electrons. The van der Waals surface area contributed by atoms with E-state index in [0.717, 1.165) is 65.7 Å². The van der Waals surface area contributed by atoms with Gasteiger partial charge in [0, 0.05) is 21.5 Å². The topological polar surface area (TPSA) is 98.8 Å². The highest BCUT2D eigenvalue weighted by Gasteiger charge is 2.23. The summed E-state index contributed by atoms with van der Waals surface area (Å²) in [5.41, 5.74) is 2.30. The van der Waals surface area contributed by atoms with Crippen LogP contribution in [-0.4, -0.2) is 59.4 Å². The summed E-state index contributed by atoms with van der Waals surface area (Å²) in [5, 5.41) is 7.72. The maximum absolute atomic E-state index is 12.3. The lowest BCUT2D eigenvalue weighted by Gasteiger charge is -2.24. The minimum absolute atomic E-state index is 0.0252. The largest absolute Gasteiger partial charge is 0.490 e. The van der Waals surface area contributed by atoms with Gasteiger partial charge in [-0.15, -0.1) is 22.7 Å². The number of hydrogen-bond acceptors (Lipinski definition) is 11. The van der Waals surface area contributed by atoms with Crippen molar-refractivity contribution in [1.82, 2.24) is 0 Å². The predicted octanol–water partition coefficient (Wildman–Crippen LogP) is 6.94. The van der Waals surface area contributed by atoms with Crippen molar-refractivity contribution in [2.24, 2.45) is 0 Å². The summed E-state index contributed by atoms with van der Waals surface area (Å²) in [6.45, 7) is 1.95. The number of unbranched alkanes of at least 4 members (excludes halogenated alkanes) is 2. The number of ether oxygens (including phenoxy) is 6. The standard InChI is InChI=1S/C34H38O9S3/c35-46(36,16-4-2-6-26-9-13-28(14-10-26)38-18-30-20-40-32-22-45-24-34(32)43-30)41-15-3-1-5-25-7-11-27(12-8-25)37-17-29-19-39-31-21-44-23-33(31)42-29/h7-14,21-24,29-30H,1-6,15-20H2. The molecule has 0 fully saturated rings. The van der Waals surface area contributed by atoms with E-state index in [4.69, 9.17) is 32.6 Å². The van der Waals surface area contributed by atoms with Crippen LogP contribution in [0.3, 0.4) is 0 Å². The van der Waals surface area contributed by atoms with Crippen molar-refractivity contribution in [1.29, 1.82) is 0 Å². The summed E-state index contributed by atoms with van der Waals surface area (Å²) >= 11 is 3.11. The van der Waals surface area contributed by atoms with Crippen LogP contribution in [0.2, 0.25) is 0 Å². The minimum Gasteiger partial charge on any atom is -0.490 e. The van der Waals surface area contributed by atoms with E-state index in [9.17, 15) is 8.42 Å². The average molecular weight is 687 g/mol. The summed E-state index contributed by atoms with van der Waals surface area (Å²) in [4.78, 5) is 0. The summed E-state index contributed by atoms with van der Waals surface area (Å²) in [6, 6.07) is 15.8. The number of benzene rings is 2. The highest BCUT2D eigenvalue weighted by Crippen LogP contribution is 2.36. The van der Waals surface area contributed by atoms with Gasteiger partial charge in [0.2, 0.25) is 0 Å². The number of thiophene rings is 2. The van der Waals surface area contributed by atoms with Gasteiger partial charge in [-0.2, -0.15) is 8.42 Å². The van der Waals surface area contributed by atoms with Gasteiger partial charge in [-0.1, -0.05) is 24.3 Å². The van der Waals surface area contributed by atoms with Crippen LogP contribution >= 0.6 is 22.7 Å². The molecule has 0 saturated carbocycles. The molecule has 2 aromatic heterocycles. The molecule has 2 unspecified atom stereocenters. The van der Waals surface area contributed by atoms with Gasteiger partial charge >= 0.3 is 0 Å². The zero-order valence-electron chi connectivity index (χ0n) is 25.5. The maximum atomic E-state index is 12.3. The van der Waals surface area contributed by atoms with Crippen LogP contribution in [0.1, 0.15) is 36.8 Å². The third-order valence-electron chi connectivity index (χ3n) is 7.57. The van der Waals surface area contributed by atoms with Crippen LogP contribution in [0.5, 0.6) is 34.5 Å². The first-order chi connectivity index (χ1) is 22.5. The molecule has 0 amide bonds. The Labute approximate surface area is 278 Å². The highest BCUT2D eigenvalue weighted by atomic mass is 32.2. The summed E-state index contributed by atoms with van der Waals surface area (Å²) < 4.78 is 64.8. The summed E-state index contributed by atoms with van der Waals surface area (Å²) in [6.07, 6.45) is 4.16. The second-order valence-corrected chi connectivity index (χ2v) is 14.5. The first-order valence-electron chi connectivity index (χ1n) is 15.5. The molecule has 12 heteroatoms. The Balaban J connectivity index is 0.795. The molecule has 2 atom stereocenters. The fourth-order valence-corrected chi connectivity index (χ4v) is 7.44. The predicted molar refractivity (Wildman–Crippen MR) is 178 cm³/mol. The van der Waals surface area contributed by atoms with Crippen LogP contribution in [0, 0.1) is 0 Å². The second-order valence-electron chi connectivity index (χ2n) is 11.2. The lowest BCUT2D eigenvalue weighted by molar-refractivity contribution is 0.0546. The Morgan fingerprint density at radius 1 is 0.630 bits per heavy atom. The third-order valence-corrected chi connectivity index (χ3v) is 10.3. The molecule has 4 heterocycles. The third kappa shape index (κ3) is 9.54. The summed E-state index contributed by atoms with van der Waals surface area (Å²) in [7, 11) is -3.53. The molecule has 4 aromatic rings. The van der Waals surface area contributed by atoms with Crippen molar-refractivity contribution < 1.29 is 41.0 Å². The average Bonchev–Trinajstić information content (AvgIpc) is 3.75. The zero-order chi connectivity index (χ0) is 31.6. The molecule has 2 aromatic carbocycles. The minimum atomic E-state index is -3.53. The molecule has 0 N–H and O–H groups in total. The van der Waals surface area contributed by atoms with Gasteiger partial charge in [0.25, 0.3) is 10.1 Å². The smallest absolute Gasteiger partial charge is 0.267 e. The molecule has 2 aliphatic heterocycles. The maximum Gasteiger partial charge on any atom is 0.267 e. The fraction of sp³-hybridized carbons (Fsp3) is 0.412. The Hall–Kier alpha value is -3.45. The van der Waals surface area contributed by atoms with Crippen LogP contribution in [0.15, 0.2) is 70.1 Å². The Morgan fingerprint density at radius 3 is 1.63 bits per heavy atom. The number of hydrogen-bond donors (Lipinski definition) is 0. The SMILES string of the molecule is O=S(=O)(CCCCc1ccc(OCC2COc3cscc3O2)cc1)OCCCCc1ccc(OCC2COc3cscc3O2)cc1. The first kappa shape index (κ1) is 32.5. The van der Waals surface area contributed by atoms with E-state index in [1.807, 2.05) is 70.1 Å². The van der Waals surface area contributed by atoms with Gasteiger partial charge in [-0.3, -0.25) is 4.18 Å². The monoisotopic (exact) mass is 686 g/mol. The normalized spacial score (nSPS) is 17.0. The van der Waals surface area contributed by atoms with Crippen molar-refractivity contribution in [2.45, 2.75) is 50.7 Å². The molecule has 0 aliphatic carbocycles. The Bertz CT molecular complexity index is 1610. The van der Waals surface area contributed by atoms with Crippen LogP contribution in [0.4, 0.5) is 0 Å². The first-order valence-corrected chi connectivity index (χ1v) is 19.0. The lowest BCUT2D eigenvalue weighted by atomic mass is 10.1. The van der Waals surface area contributed by atoms with Crippen molar-refractivity contribution >= 4 is 32.8 Å². The van der Waals surface area contributed by atoms with Crippen molar-refractivity contribution in [2.75, 3.05) is 38.8 Å². The van der Waals surface area contributed by atoms with Gasteiger partial charge in [0.1, 0.15) is 37.9 Å². The lowest BCUT2D eigenvalue weighted by Crippen LogP contribution is -2.34. The second kappa shape index (κ2) is 15.9. The highest BCUT2D eigenvalue weighted by molar-refractivity contribution is 7.86. The molecule has 0 bridgehead atoms. The van der Waals surface area contributed by atoms with E-state index in [2.05, 4.69) is 0 Å². The van der Waals surface area contributed by atoms with Gasteiger partial charge in [-0.05, 0) is 73.9 Å². The fourth-order valence-electron chi connectivity index (χ4n) is 5.05. The van der Waals surface area contributed by atoms with Gasteiger partial charge in [0.05, 0.1) is 12.4 Å². The van der Waals surface area contributed by atoms with E-state index >= 15 is 0 Å². The van der Waals surface area contributed by atoms with Gasteiger partial charge < -0.3 is 28.4 Å². The number of fused-ring (bicyclic) bond motifs is 2. The van der Waals surface area contributed by atoms with Crippen LogP contribution < -0.4 is 28.4 Å². The number of rotatable bonds is 17. The molecular weight excluding hydrogens is 649 g/mol. The van der Waals surface area contributed by atoms with Crippen LogP contribution in [0.25, 0.3) is 0 Å². The molecular formula is C34H38O9S3. The zero-order valence-corrected chi connectivity index (χ0v) is 27.9. The van der Waals surface area contributed by atoms with E-state index in [0.29, 0.717) is 39.3 Å². The molecule has 246 valence electrons. The Morgan fingerprint density at radius 2 is 1.11 bits per heavy atom. The van der Waals surface area contributed by atoms with Crippen molar-refractivity contribution in [3.63, 3.8) is 0 Å². The van der Waals surface area contributed by atoms with Crippen molar-refractivity contribution in [3.8, 4) is 34.5 Å². The van der Waals surface area contributed by atoms with Crippen molar-refractivity contribution in [3.05, 3.63) is 81.2 Å².